The molecule has 0 bridgehead atoms. The minimum atomic E-state index is -4.13. The Kier molecular flexibility index (Phi) is 8.40. The van der Waals surface area contributed by atoms with Crippen molar-refractivity contribution < 1.29 is 22.3 Å². The maximum atomic E-state index is 14.5. The summed E-state index contributed by atoms with van der Waals surface area (Å²) in [6.45, 7) is 0.977. The molecule has 3 aromatic carbocycles. The van der Waals surface area contributed by atoms with Gasteiger partial charge in [-0.05, 0) is 43.3 Å². The van der Waals surface area contributed by atoms with Gasteiger partial charge in [-0.15, -0.1) is 11.3 Å². The molecule has 4 aromatic rings. The quantitative estimate of drug-likeness (QED) is 0.282. The van der Waals surface area contributed by atoms with Gasteiger partial charge in [0.2, 0.25) is 15.9 Å². The van der Waals surface area contributed by atoms with Crippen molar-refractivity contribution in [3.05, 3.63) is 89.1 Å². The molecule has 1 amide bonds. The topological polar surface area (TPSA) is 101 Å². The number of ether oxygens (including phenoxy) is 1. The number of nitrogens with zero attached hydrogens (tertiary/aromatic N) is 2. The van der Waals surface area contributed by atoms with E-state index in [-0.39, 0.29) is 17.0 Å². The summed E-state index contributed by atoms with van der Waals surface area (Å²) < 4.78 is 47.9. The monoisotopic (exact) mass is 554 g/mol. The number of benzene rings is 3. The van der Waals surface area contributed by atoms with Gasteiger partial charge in [0.25, 0.3) is 0 Å². The van der Waals surface area contributed by atoms with E-state index < -0.39 is 28.3 Å². The third-order valence-electron chi connectivity index (χ3n) is 5.77. The van der Waals surface area contributed by atoms with Crippen molar-refractivity contribution in [3.8, 4) is 17.0 Å². The molecule has 2 N–H and O–H groups in total. The zero-order valence-electron chi connectivity index (χ0n) is 21.1. The molecule has 11 heteroatoms. The molecule has 1 heterocycles. The smallest absolute Gasteiger partial charge is 0.243 e. The van der Waals surface area contributed by atoms with Gasteiger partial charge in [-0.25, -0.2) is 17.8 Å². The number of nitrogens with one attached hydrogen (secondary N) is 2. The molecule has 0 saturated carbocycles. The Hall–Kier alpha value is -3.80. The average Bonchev–Trinajstić information content (AvgIpc) is 3.39. The average molecular weight is 555 g/mol. The van der Waals surface area contributed by atoms with Gasteiger partial charge in [0.1, 0.15) is 11.6 Å². The van der Waals surface area contributed by atoms with Gasteiger partial charge in [-0.2, -0.15) is 4.31 Å². The number of carbonyl (C=O) groups excluding carboxylic acids is 1. The molecule has 0 fully saturated rings. The van der Waals surface area contributed by atoms with Crippen LogP contribution in [-0.4, -0.2) is 44.3 Å². The Labute approximate surface area is 225 Å². The lowest BCUT2D eigenvalue weighted by molar-refractivity contribution is -0.116. The summed E-state index contributed by atoms with van der Waals surface area (Å²) >= 11 is 1.44. The number of aryl methyl sites for hydroxylation is 1. The van der Waals surface area contributed by atoms with E-state index in [0.29, 0.717) is 17.1 Å². The first kappa shape index (κ1) is 27.2. The molecule has 4 rings (SSSR count). The molecule has 8 nitrogen and oxygen atoms in total. The van der Waals surface area contributed by atoms with Gasteiger partial charge in [0.15, 0.2) is 5.13 Å². The third-order valence-corrected chi connectivity index (χ3v) is 8.44. The summed E-state index contributed by atoms with van der Waals surface area (Å²) in [6, 6.07) is 17.4. The highest BCUT2D eigenvalue weighted by atomic mass is 32.2. The number of aromatic nitrogens is 1. The lowest BCUT2D eigenvalue weighted by atomic mass is 10.1. The van der Waals surface area contributed by atoms with Crippen LogP contribution in [0.25, 0.3) is 11.3 Å². The fourth-order valence-corrected chi connectivity index (χ4v) is 5.79. The Balaban J connectivity index is 1.63. The number of hydrogen-bond acceptors (Lipinski definition) is 7. The molecule has 0 atom stereocenters. The van der Waals surface area contributed by atoms with Crippen molar-refractivity contribution in [1.82, 2.24) is 9.29 Å². The summed E-state index contributed by atoms with van der Waals surface area (Å²) in [5, 5.41) is 8.36. The molecule has 0 radical (unpaired) electrons. The van der Waals surface area contributed by atoms with Crippen LogP contribution in [0.2, 0.25) is 0 Å². The summed E-state index contributed by atoms with van der Waals surface area (Å²) in [5.41, 5.74) is 2.85. The number of hydrogen-bond donors (Lipinski definition) is 2. The number of rotatable bonds is 10. The third kappa shape index (κ3) is 6.18. The van der Waals surface area contributed by atoms with E-state index in [9.17, 15) is 17.6 Å². The summed E-state index contributed by atoms with van der Waals surface area (Å²) in [4.78, 5) is 17.7. The fraction of sp³-hybridized carbons (Fsp3) is 0.185. The van der Waals surface area contributed by atoms with E-state index in [1.54, 1.807) is 37.4 Å². The number of anilines is 2. The zero-order valence-corrected chi connectivity index (χ0v) is 22.7. The van der Waals surface area contributed by atoms with Gasteiger partial charge in [-0.1, -0.05) is 35.9 Å². The minimum Gasteiger partial charge on any atom is -0.495 e. The van der Waals surface area contributed by atoms with Crippen LogP contribution >= 0.6 is 11.3 Å². The van der Waals surface area contributed by atoms with Crippen molar-refractivity contribution in [2.75, 3.05) is 31.3 Å². The SMILES string of the molecule is CNc1nc(-c2ccc(OC)c(NC(=O)CN(Cc3ccccc3F)S(=O)(=O)c3ccc(C)cc3)c2)cs1. The van der Waals surface area contributed by atoms with Crippen LogP contribution in [0.3, 0.4) is 0 Å². The lowest BCUT2D eigenvalue weighted by Crippen LogP contribution is -2.37. The summed E-state index contributed by atoms with van der Waals surface area (Å²) in [7, 11) is -0.879. The normalized spacial score (nSPS) is 11.4. The Bertz CT molecular complexity index is 1540. The number of carbonyl (C=O) groups is 1. The molecular formula is C27H27FN4O4S2. The fourth-order valence-electron chi connectivity index (χ4n) is 3.74. The first-order valence-electron chi connectivity index (χ1n) is 11.6. The first-order chi connectivity index (χ1) is 18.2. The van der Waals surface area contributed by atoms with Gasteiger partial charge < -0.3 is 15.4 Å². The predicted octanol–water partition coefficient (Wildman–Crippen LogP) is 5.14. The number of methoxy groups -OCH3 is 1. The highest BCUT2D eigenvalue weighted by Gasteiger charge is 2.28. The maximum Gasteiger partial charge on any atom is 0.243 e. The second kappa shape index (κ2) is 11.7. The van der Waals surface area contributed by atoms with Gasteiger partial charge in [-0.3, -0.25) is 4.79 Å². The van der Waals surface area contributed by atoms with Crippen molar-refractivity contribution >= 4 is 38.1 Å². The van der Waals surface area contributed by atoms with Crippen LogP contribution in [0.15, 0.2) is 77.0 Å². The second-order valence-corrected chi connectivity index (χ2v) is 11.2. The Morgan fingerprint density at radius 2 is 1.84 bits per heavy atom. The Morgan fingerprint density at radius 1 is 1.11 bits per heavy atom. The van der Waals surface area contributed by atoms with E-state index in [1.165, 1.54) is 48.8 Å². The van der Waals surface area contributed by atoms with Crippen molar-refractivity contribution in [2.24, 2.45) is 0 Å². The van der Waals surface area contributed by atoms with Crippen LogP contribution in [-0.2, 0) is 21.4 Å². The zero-order chi connectivity index (χ0) is 27.3. The second-order valence-electron chi connectivity index (χ2n) is 8.43. The molecule has 0 spiro atoms. The number of halogens is 1. The van der Waals surface area contributed by atoms with Crippen molar-refractivity contribution in [2.45, 2.75) is 18.4 Å². The molecule has 198 valence electrons. The van der Waals surface area contributed by atoms with Gasteiger partial charge >= 0.3 is 0 Å². The summed E-state index contributed by atoms with van der Waals surface area (Å²) in [6.07, 6.45) is 0. The molecule has 0 aliphatic carbocycles. The molecule has 1 aromatic heterocycles. The highest BCUT2D eigenvalue weighted by molar-refractivity contribution is 7.89. The minimum absolute atomic E-state index is 0.00990. The number of thiazole rings is 1. The van der Waals surface area contributed by atoms with E-state index >= 15 is 0 Å². The van der Waals surface area contributed by atoms with Crippen LogP contribution in [0.5, 0.6) is 5.75 Å². The standard InChI is InChI=1S/C27H27FN4O4S2/c1-18-8-11-21(12-9-18)38(34,35)32(15-20-6-4-5-7-22(20)28)16-26(33)30-23-14-19(10-13-25(23)36-3)24-17-37-27(29-2)31-24/h4-14,17H,15-16H2,1-3H3,(H,29,31)(H,30,33). The highest BCUT2D eigenvalue weighted by Crippen LogP contribution is 2.32. The molecule has 38 heavy (non-hydrogen) atoms. The van der Waals surface area contributed by atoms with Crippen LogP contribution in [0, 0.1) is 12.7 Å². The van der Waals surface area contributed by atoms with Crippen molar-refractivity contribution in [1.29, 1.82) is 0 Å². The van der Waals surface area contributed by atoms with E-state index in [1.807, 2.05) is 18.4 Å². The Morgan fingerprint density at radius 3 is 2.50 bits per heavy atom. The van der Waals surface area contributed by atoms with E-state index in [4.69, 9.17) is 4.74 Å². The van der Waals surface area contributed by atoms with Crippen LogP contribution in [0.4, 0.5) is 15.2 Å². The number of sulfonamides is 1. The molecule has 0 aliphatic rings. The molecule has 0 saturated heterocycles. The lowest BCUT2D eigenvalue weighted by Gasteiger charge is -2.22. The van der Waals surface area contributed by atoms with E-state index in [0.717, 1.165) is 20.6 Å². The maximum absolute atomic E-state index is 14.5. The van der Waals surface area contributed by atoms with Crippen LogP contribution in [0.1, 0.15) is 11.1 Å². The summed E-state index contributed by atoms with van der Waals surface area (Å²) in [5.74, 6) is -0.773. The number of amides is 1. The largest absolute Gasteiger partial charge is 0.495 e. The van der Waals surface area contributed by atoms with E-state index in [2.05, 4.69) is 15.6 Å². The molecule has 0 unspecified atom stereocenters. The first-order valence-corrected chi connectivity index (χ1v) is 13.9. The van der Waals surface area contributed by atoms with Gasteiger partial charge in [0.05, 0.1) is 29.9 Å². The van der Waals surface area contributed by atoms with Gasteiger partial charge in [0, 0.05) is 30.1 Å². The molecular weight excluding hydrogens is 527 g/mol. The predicted molar refractivity (Wildman–Crippen MR) is 147 cm³/mol. The van der Waals surface area contributed by atoms with Crippen molar-refractivity contribution in [3.63, 3.8) is 0 Å². The molecule has 0 aliphatic heterocycles. The van der Waals surface area contributed by atoms with Crippen LogP contribution < -0.4 is 15.4 Å².